The zero-order valence-corrected chi connectivity index (χ0v) is 15.9. The van der Waals surface area contributed by atoms with Gasteiger partial charge >= 0.3 is 5.97 Å². The fourth-order valence-corrected chi connectivity index (χ4v) is 4.06. The number of furan rings is 1. The van der Waals surface area contributed by atoms with Crippen molar-refractivity contribution < 1.29 is 22.4 Å². The maximum absolute atomic E-state index is 12.7. The summed E-state index contributed by atoms with van der Waals surface area (Å²) < 4.78 is 35.6. The highest BCUT2D eigenvalue weighted by molar-refractivity contribution is 7.91. The summed E-state index contributed by atoms with van der Waals surface area (Å²) in [5.74, 6) is -0.521. The lowest BCUT2D eigenvalue weighted by atomic mass is 9.97. The van der Waals surface area contributed by atoms with E-state index in [1.165, 1.54) is 19.2 Å². The zero-order chi connectivity index (χ0) is 19.0. The molecule has 2 aromatic rings. The summed E-state index contributed by atoms with van der Waals surface area (Å²) in [6, 6.07) is 11.7. The Morgan fingerprint density at radius 3 is 2.50 bits per heavy atom. The molecule has 0 aliphatic carbocycles. The third-order valence-corrected chi connectivity index (χ3v) is 5.76. The highest BCUT2D eigenvalue weighted by Gasteiger charge is 2.24. The van der Waals surface area contributed by atoms with Crippen LogP contribution in [-0.4, -0.2) is 27.2 Å². The molecule has 2 rings (SSSR count). The molecule has 26 heavy (non-hydrogen) atoms. The van der Waals surface area contributed by atoms with Gasteiger partial charge in [-0.25, -0.2) is 13.2 Å². The van der Waals surface area contributed by atoms with Crippen molar-refractivity contribution in [1.29, 1.82) is 0 Å². The molecule has 1 atom stereocenters. The van der Waals surface area contributed by atoms with E-state index in [2.05, 4.69) is 6.92 Å². The molecule has 0 amide bonds. The second-order valence-corrected chi connectivity index (χ2v) is 8.01. The Kier molecular flexibility index (Phi) is 7.21. The highest BCUT2D eigenvalue weighted by Crippen LogP contribution is 2.27. The van der Waals surface area contributed by atoms with E-state index in [1.807, 2.05) is 6.07 Å². The lowest BCUT2D eigenvalue weighted by Gasteiger charge is -2.13. The lowest BCUT2D eigenvalue weighted by molar-refractivity contribution is -0.136. The molecule has 5 nitrogen and oxygen atoms in total. The first-order valence-corrected chi connectivity index (χ1v) is 10.2. The van der Waals surface area contributed by atoms with Crippen LogP contribution in [0.4, 0.5) is 0 Å². The largest absolute Gasteiger partial charge is 0.469 e. The van der Waals surface area contributed by atoms with E-state index >= 15 is 0 Å². The summed E-state index contributed by atoms with van der Waals surface area (Å²) in [7, 11) is -2.40. The van der Waals surface area contributed by atoms with Crippen LogP contribution in [0.5, 0.6) is 0 Å². The van der Waals surface area contributed by atoms with Crippen LogP contribution in [0, 0.1) is 0 Å². The van der Waals surface area contributed by atoms with E-state index in [1.54, 1.807) is 36.6 Å². The Morgan fingerprint density at radius 1 is 1.19 bits per heavy atom. The van der Waals surface area contributed by atoms with Crippen LogP contribution in [-0.2, 0) is 19.4 Å². The molecule has 0 N–H and O–H groups in total. The van der Waals surface area contributed by atoms with Gasteiger partial charge in [0.05, 0.1) is 24.0 Å². The van der Waals surface area contributed by atoms with Crippen LogP contribution < -0.4 is 0 Å². The molecule has 1 heterocycles. The predicted molar refractivity (Wildman–Crippen MR) is 99.6 cm³/mol. The number of esters is 1. The predicted octanol–water partition coefficient (Wildman–Crippen LogP) is 4.13. The van der Waals surface area contributed by atoms with E-state index in [0.717, 1.165) is 19.3 Å². The van der Waals surface area contributed by atoms with Gasteiger partial charge in [-0.05, 0) is 30.7 Å². The summed E-state index contributed by atoms with van der Waals surface area (Å²) in [5, 5.41) is 0. The van der Waals surface area contributed by atoms with Crippen molar-refractivity contribution in [2.24, 2.45) is 0 Å². The maximum Gasteiger partial charge on any atom is 0.334 e. The van der Waals surface area contributed by atoms with Crippen molar-refractivity contribution in [2.45, 2.75) is 37.0 Å². The molecule has 1 aromatic heterocycles. The minimum absolute atomic E-state index is 0.119. The number of benzene rings is 1. The minimum atomic E-state index is -3.65. The molecule has 140 valence electrons. The molecule has 1 aromatic carbocycles. The van der Waals surface area contributed by atoms with Gasteiger partial charge < -0.3 is 9.15 Å². The van der Waals surface area contributed by atoms with Gasteiger partial charge in [-0.3, -0.25) is 0 Å². The average molecular weight is 376 g/mol. The van der Waals surface area contributed by atoms with Gasteiger partial charge in [-0.2, -0.15) is 0 Å². The Labute approximate surface area is 154 Å². The van der Waals surface area contributed by atoms with Crippen LogP contribution >= 0.6 is 0 Å². The molecule has 0 bridgehead atoms. The number of hydrogen-bond donors (Lipinski definition) is 0. The Morgan fingerprint density at radius 2 is 1.92 bits per heavy atom. The summed E-state index contributed by atoms with van der Waals surface area (Å²) in [4.78, 5) is 12.4. The normalized spacial score (nSPS) is 13.4. The Bertz CT molecular complexity index is 820. The molecule has 0 fully saturated rings. The van der Waals surface area contributed by atoms with E-state index in [9.17, 15) is 13.2 Å². The van der Waals surface area contributed by atoms with Crippen LogP contribution in [0.25, 0.3) is 0 Å². The number of carbonyl (C=O) groups excluding carboxylic acids is 1. The average Bonchev–Trinajstić information content (AvgIpc) is 3.18. The lowest BCUT2D eigenvalue weighted by Crippen LogP contribution is -2.17. The first kappa shape index (κ1) is 20.0. The van der Waals surface area contributed by atoms with Crippen molar-refractivity contribution in [3.8, 4) is 0 Å². The fourth-order valence-electron chi connectivity index (χ4n) is 2.70. The van der Waals surface area contributed by atoms with Crippen molar-refractivity contribution in [1.82, 2.24) is 0 Å². The monoisotopic (exact) mass is 376 g/mol. The number of allylic oxidation sites excluding steroid dienone is 1. The topological polar surface area (TPSA) is 73.6 Å². The van der Waals surface area contributed by atoms with E-state index < -0.39 is 21.6 Å². The van der Waals surface area contributed by atoms with Crippen molar-refractivity contribution in [3.05, 3.63) is 66.1 Å². The summed E-state index contributed by atoms with van der Waals surface area (Å²) in [5.41, 5.74) is 0.119. The van der Waals surface area contributed by atoms with Gasteiger partial charge in [0.15, 0.2) is 9.84 Å². The molecular formula is C20H24O5S. The number of carbonyl (C=O) groups is 1. The number of rotatable bonds is 9. The summed E-state index contributed by atoms with van der Waals surface area (Å²) in [6.45, 7) is 2.07. The SMILES string of the molecule is CCCCC(/C=C(\CS(=O)(=O)c1ccccc1)C(=O)OC)c1ccco1. The van der Waals surface area contributed by atoms with Crippen LogP contribution in [0.2, 0.25) is 0 Å². The van der Waals surface area contributed by atoms with Crippen molar-refractivity contribution >= 4 is 15.8 Å². The van der Waals surface area contributed by atoms with Gasteiger partial charge in [0.1, 0.15) is 5.76 Å². The third kappa shape index (κ3) is 5.33. The van der Waals surface area contributed by atoms with Gasteiger partial charge in [0.25, 0.3) is 0 Å². The second-order valence-electron chi connectivity index (χ2n) is 6.02. The molecule has 1 unspecified atom stereocenters. The van der Waals surface area contributed by atoms with Crippen molar-refractivity contribution in [3.63, 3.8) is 0 Å². The van der Waals surface area contributed by atoms with E-state index in [4.69, 9.17) is 9.15 Å². The van der Waals surface area contributed by atoms with E-state index in [0.29, 0.717) is 5.76 Å². The molecule has 0 aliphatic rings. The minimum Gasteiger partial charge on any atom is -0.469 e. The third-order valence-electron chi connectivity index (χ3n) is 4.08. The standard InChI is InChI=1S/C20H24O5S/c1-3-4-9-16(19-12-8-13-25-19)14-17(20(21)24-2)15-26(22,23)18-10-6-5-7-11-18/h5-8,10-14,16H,3-4,9,15H2,1-2H3/b17-14+. The number of methoxy groups -OCH3 is 1. The zero-order valence-electron chi connectivity index (χ0n) is 15.1. The number of ether oxygens (including phenoxy) is 1. The van der Waals surface area contributed by atoms with Gasteiger partial charge in [0, 0.05) is 11.5 Å². The highest BCUT2D eigenvalue weighted by atomic mass is 32.2. The maximum atomic E-state index is 12.7. The van der Waals surface area contributed by atoms with Gasteiger partial charge in [0.2, 0.25) is 0 Å². The molecule has 0 aliphatic heterocycles. The molecular weight excluding hydrogens is 352 g/mol. The quantitative estimate of drug-likeness (QED) is 0.486. The molecule has 0 saturated carbocycles. The van der Waals surface area contributed by atoms with Crippen molar-refractivity contribution in [2.75, 3.05) is 12.9 Å². The van der Waals surface area contributed by atoms with Crippen LogP contribution in [0.15, 0.2) is 69.7 Å². The molecule has 6 heteroatoms. The second kappa shape index (κ2) is 9.38. The van der Waals surface area contributed by atoms with E-state index in [-0.39, 0.29) is 16.4 Å². The van der Waals surface area contributed by atoms with Crippen LogP contribution in [0.1, 0.15) is 37.9 Å². The fraction of sp³-hybridized carbons (Fsp3) is 0.350. The number of unbranched alkanes of at least 4 members (excludes halogenated alkanes) is 1. The molecule has 0 spiro atoms. The molecule has 0 radical (unpaired) electrons. The number of hydrogen-bond acceptors (Lipinski definition) is 5. The Hall–Kier alpha value is -2.34. The van der Waals surface area contributed by atoms with Gasteiger partial charge in [-0.1, -0.05) is 44.0 Å². The Balaban J connectivity index is 2.36. The van der Waals surface area contributed by atoms with Crippen LogP contribution in [0.3, 0.4) is 0 Å². The number of sulfone groups is 1. The summed E-state index contributed by atoms with van der Waals surface area (Å²) in [6.07, 6.45) is 5.92. The first-order valence-electron chi connectivity index (χ1n) is 8.58. The summed E-state index contributed by atoms with van der Waals surface area (Å²) >= 11 is 0. The smallest absolute Gasteiger partial charge is 0.334 e. The first-order chi connectivity index (χ1) is 12.5. The molecule has 0 saturated heterocycles. The van der Waals surface area contributed by atoms with Gasteiger partial charge in [-0.15, -0.1) is 0 Å².